The normalized spacial score (nSPS) is 13.9. The predicted molar refractivity (Wildman–Crippen MR) is 145 cm³/mol. The Labute approximate surface area is 216 Å². The van der Waals surface area contributed by atoms with Crippen LogP contribution in [0.5, 0.6) is 0 Å². The molecule has 1 fully saturated rings. The summed E-state index contributed by atoms with van der Waals surface area (Å²) >= 11 is 6.00. The molecule has 0 radical (unpaired) electrons. The molecule has 6 heteroatoms. The van der Waals surface area contributed by atoms with E-state index in [1.54, 1.807) is 12.1 Å². The first-order valence-electron chi connectivity index (χ1n) is 12.1. The van der Waals surface area contributed by atoms with Gasteiger partial charge in [0.05, 0.1) is 16.8 Å². The molecular formula is C30H27ClN4O. The predicted octanol–water partition coefficient (Wildman–Crippen LogP) is 6.95. The number of hydrogen-bond donors (Lipinski definition) is 1. The van der Waals surface area contributed by atoms with Crippen LogP contribution in [0, 0.1) is 18.3 Å². The molecule has 5 nitrogen and oxygen atoms in total. The number of piperidine rings is 1. The zero-order chi connectivity index (χ0) is 25.1. The van der Waals surface area contributed by atoms with Crippen LogP contribution in [0.25, 0.3) is 5.69 Å². The monoisotopic (exact) mass is 494 g/mol. The fourth-order valence-electron chi connectivity index (χ4n) is 4.99. The summed E-state index contributed by atoms with van der Waals surface area (Å²) in [7, 11) is 0. The molecule has 1 N–H and O–H groups in total. The summed E-state index contributed by atoms with van der Waals surface area (Å²) in [6, 6.07) is 27.8. The highest BCUT2D eigenvalue weighted by Gasteiger charge is 2.23. The van der Waals surface area contributed by atoms with E-state index in [2.05, 4.69) is 46.6 Å². The van der Waals surface area contributed by atoms with E-state index in [1.807, 2.05) is 54.1 Å². The number of nitrogens with zero attached hydrogens (tertiary/aromatic N) is 3. The fraction of sp³-hybridized carbons (Fsp3) is 0.200. The van der Waals surface area contributed by atoms with E-state index < -0.39 is 0 Å². The van der Waals surface area contributed by atoms with Gasteiger partial charge in [-0.3, -0.25) is 4.79 Å². The largest absolute Gasteiger partial charge is 0.370 e. The molecule has 0 aliphatic carbocycles. The number of nitriles is 1. The van der Waals surface area contributed by atoms with Gasteiger partial charge in [-0.25, -0.2) is 0 Å². The Morgan fingerprint density at radius 3 is 2.42 bits per heavy atom. The summed E-state index contributed by atoms with van der Waals surface area (Å²) in [4.78, 5) is 15.3. The molecule has 1 aliphatic rings. The van der Waals surface area contributed by atoms with Gasteiger partial charge < -0.3 is 14.8 Å². The van der Waals surface area contributed by atoms with Crippen LogP contribution in [0.3, 0.4) is 0 Å². The number of benzene rings is 3. The third-order valence-electron chi connectivity index (χ3n) is 6.97. The molecule has 4 aromatic rings. The molecule has 1 aromatic heterocycles. The standard InChI is InChI=1S/C30H27ClN4O/c1-21-28(15-18-35(21)27-10-7-25(31)8-11-27)30(36)33-26-9-12-29(24(19-26)20-32)34-16-13-23(14-17-34)22-5-3-2-4-6-22/h2-12,15,18-19,23H,13-14,16-17H2,1H3,(H,33,36). The summed E-state index contributed by atoms with van der Waals surface area (Å²) in [5.41, 5.74) is 5.83. The van der Waals surface area contributed by atoms with Crippen molar-refractivity contribution >= 4 is 28.9 Å². The van der Waals surface area contributed by atoms with E-state index in [-0.39, 0.29) is 5.91 Å². The Morgan fingerprint density at radius 2 is 1.72 bits per heavy atom. The molecule has 1 amide bonds. The lowest BCUT2D eigenvalue weighted by Crippen LogP contribution is -2.33. The van der Waals surface area contributed by atoms with Crippen molar-refractivity contribution in [2.45, 2.75) is 25.7 Å². The highest BCUT2D eigenvalue weighted by molar-refractivity contribution is 6.30. The topological polar surface area (TPSA) is 61.1 Å². The SMILES string of the molecule is Cc1c(C(=O)Nc2ccc(N3CCC(c4ccccc4)CC3)c(C#N)c2)ccn1-c1ccc(Cl)cc1. The van der Waals surface area contributed by atoms with Gasteiger partial charge in [0.2, 0.25) is 0 Å². The molecular weight excluding hydrogens is 468 g/mol. The van der Waals surface area contributed by atoms with Crippen LogP contribution in [0.1, 0.15) is 45.9 Å². The summed E-state index contributed by atoms with van der Waals surface area (Å²) < 4.78 is 1.95. The quantitative estimate of drug-likeness (QED) is 0.326. The average Bonchev–Trinajstić information content (AvgIpc) is 3.31. The van der Waals surface area contributed by atoms with Crippen molar-refractivity contribution < 1.29 is 4.79 Å². The van der Waals surface area contributed by atoms with Crippen molar-refractivity contribution in [1.82, 2.24) is 4.57 Å². The Hall–Kier alpha value is -4.01. The Morgan fingerprint density at radius 1 is 1.00 bits per heavy atom. The zero-order valence-corrected chi connectivity index (χ0v) is 20.9. The van der Waals surface area contributed by atoms with E-state index >= 15 is 0 Å². The maximum Gasteiger partial charge on any atom is 0.257 e. The number of hydrogen-bond acceptors (Lipinski definition) is 3. The molecule has 2 heterocycles. The van der Waals surface area contributed by atoms with E-state index in [9.17, 15) is 10.1 Å². The minimum atomic E-state index is -0.208. The lowest BCUT2D eigenvalue weighted by Gasteiger charge is -2.34. The third kappa shape index (κ3) is 4.86. The molecule has 0 saturated carbocycles. The average molecular weight is 495 g/mol. The Kier molecular flexibility index (Phi) is 6.79. The summed E-state index contributed by atoms with van der Waals surface area (Å²) in [5.74, 6) is 0.343. The number of amides is 1. The first kappa shape index (κ1) is 23.7. The van der Waals surface area contributed by atoms with Crippen molar-refractivity contribution in [2.24, 2.45) is 0 Å². The first-order valence-corrected chi connectivity index (χ1v) is 12.5. The van der Waals surface area contributed by atoms with Crippen LogP contribution in [-0.4, -0.2) is 23.6 Å². The number of halogens is 1. The molecule has 0 bridgehead atoms. The molecule has 36 heavy (non-hydrogen) atoms. The molecule has 5 rings (SSSR count). The van der Waals surface area contributed by atoms with E-state index in [1.165, 1.54) is 5.56 Å². The van der Waals surface area contributed by atoms with Gasteiger partial charge in [0, 0.05) is 41.4 Å². The lowest BCUT2D eigenvalue weighted by molar-refractivity contribution is 0.102. The van der Waals surface area contributed by atoms with Gasteiger partial charge >= 0.3 is 0 Å². The van der Waals surface area contributed by atoms with Gasteiger partial charge in [0.25, 0.3) is 5.91 Å². The molecule has 0 unspecified atom stereocenters. The maximum absolute atomic E-state index is 13.1. The highest BCUT2D eigenvalue weighted by atomic mass is 35.5. The molecule has 0 spiro atoms. The second-order valence-electron chi connectivity index (χ2n) is 9.13. The van der Waals surface area contributed by atoms with E-state index in [0.29, 0.717) is 27.8 Å². The minimum absolute atomic E-state index is 0.208. The van der Waals surface area contributed by atoms with Crippen LogP contribution in [0.15, 0.2) is 85.1 Å². The van der Waals surface area contributed by atoms with Gasteiger partial charge in [-0.2, -0.15) is 5.26 Å². The second-order valence-corrected chi connectivity index (χ2v) is 9.57. The van der Waals surface area contributed by atoms with Crippen LogP contribution in [0.2, 0.25) is 5.02 Å². The molecule has 0 atom stereocenters. The van der Waals surface area contributed by atoms with Crippen LogP contribution in [0.4, 0.5) is 11.4 Å². The van der Waals surface area contributed by atoms with Gasteiger partial charge in [-0.1, -0.05) is 41.9 Å². The lowest BCUT2D eigenvalue weighted by atomic mass is 9.89. The van der Waals surface area contributed by atoms with Crippen molar-refractivity contribution in [2.75, 3.05) is 23.3 Å². The number of carbonyl (C=O) groups is 1. The second kappa shape index (κ2) is 10.3. The van der Waals surface area contributed by atoms with E-state index in [0.717, 1.165) is 43.0 Å². The maximum atomic E-state index is 13.1. The highest BCUT2D eigenvalue weighted by Crippen LogP contribution is 2.33. The Bertz CT molecular complexity index is 1410. The molecule has 1 saturated heterocycles. The first-order chi connectivity index (χ1) is 17.5. The van der Waals surface area contributed by atoms with Crippen LogP contribution < -0.4 is 10.2 Å². The number of aromatic nitrogens is 1. The summed E-state index contributed by atoms with van der Waals surface area (Å²) in [5, 5.41) is 13.5. The summed E-state index contributed by atoms with van der Waals surface area (Å²) in [6.45, 7) is 3.71. The zero-order valence-electron chi connectivity index (χ0n) is 20.1. The molecule has 1 aliphatic heterocycles. The van der Waals surface area contributed by atoms with Gasteiger partial charge in [-0.15, -0.1) is 0 Å². The van der Waals surface area contributed by atoms with Gasteiger partial charge in [0.15, 0.2) is 0 Å². The van der Waals surface area contributed by atoms with Crippen molar-refractivity contribution in [3.8, 4) is 11.8 Å². The van der Waals surface area contributed by atoms with E-state index in [4.69, 9.17) is 11.6 Å². The van der Waals surface area contributed by atoms with Gasteiger partial charge in [0.1, 0.15) is 6.07 Å². The summed E-state index contributed by atoms with van der Waals surface area (Å²) in [6.07, 6.45) is 3.98. The smallest absolute Gasteiger partial charge is 0.257 e. The number of nitrogens with one attached hydrogen (secondary N) is 1. The number of carbonyl (C=O) groups excluding carboxylic acids is 1. The minimum Gasteiger partial charge on any atom is -0.370 e. The number of rotatable bonds is 5. The molecule has 180 valence electrons. The van der Waals surface area contributed by atoms with Crippen LogP contribution in [-0.2, 0) is 0 Å². The van der Waals surface area contributed by atoms with Crippen molar-refractivity contribution in [1.29, 1.82) is 5.26 Å². The van der Waals surface area contributed by atoms with Gasteiger partial charge in [-0.05, 0) is 79.8 Å². The fourth-order valence-corrected chi connectivity index (χ4v) is 5.12. The third-order valence-corrected chi connectivity index (χ3v) is 7.22. The number of anilines is 2. The molecule has 3 aromatic carbocycles. The van der Waals surface area contributed by atoms with Crippen molar-refractivity contribution in [3.63, 3.8) is 0 Å². The Balaban J connectivity index is 1.28. The van der Waals surface area contributed by atoms with Crippen molar-refractivity contribution in [3.05, 3.63) is 112 Å². The van der Waals surface area contributed by atoms with Crippen LogP contribution >= 0.6 is 11.6 Å².